The predicted molar refractivity (Wildman–Crippen MR) is 96.0 cm³/mol. The maximum absolute atomic E-state index is 12.6. The van der Waals surface area contributed by atoms with Crippen LogP contribution in [-0.4, -0.2) is 38.0 Å². The van der Waals surface area contributed by atoms with Gasteiger partial charge < -0.3 is 4.90 Å². The van der Waals surface area contributed by atoms with Gasteiger partial charge in [0, 0.05) is 19.3 Å². The molecule has 0 saturated heterocycles. The van der Waals surface area contributed by atoms with E-state index >= 15 is 0 Å². The molecule has 122 valence electrons. The highest BCUT2D eigenvalue weighted by atomic mass is 32.2. The monoisotopic (exact) mass is 339 g/mol. The largest absolute Gasteiger partial charge is 0.308 e. The molecule has 1 aromatic carbocycles. The molecule has 0 unspecified atom stereocenters. The number of anilines is 1. The Balaban J connectivity index is 1.77. The Labute approximate surface area is 144 Å². The summed E-state index contributed by atoms with van der Waals surface area (Å²) in [5, 5.41) is 5.80. The van der Waals surface area contributed by atoms with Crippen LogP contribution >= 0.6 is 11.8 Å². The number of benzene rings is 1. The molecule has 7 heteroatoms. The van der Waals surface area contributed by atoms with Crippen molar-refractivity contribution < 1.29 is 4.79 Å². The van der Waals surface area contributed by atoms with Gasteiger partial charge in [-0.05, 0) is 12.1 Å². The Morgan fingerprint density at radius 3 is 2.88 bits per heavy atom. The van der Waals surface area contributed by atoms with Gasteiger partial charge in [-0.2, -0.15) is 5.10 Å². The van der Waals surface area contributed by atoms with Crippen molar-refractivity contribution >= 4 is 34.4 Å². The van der Waals surface area contributed by atoms with Crippen LogP contribution < -0.4 is 4.90 Å². The van der Waals surface area contributed by atoms with E-state index < -0.39 is 0 Å². The van der Waals surface area contributed by atoms with Gasteiger partial charge in [0.05, 0.1) is 17.3 Å². The molecule has 0 aliphatic carbocycles. The number of nitrogens with zero attached hydrogens (tertiary/aromatic N) is 5. The number of thioether (sulfide) groups is 1. The van der Waals surface area contributed by atoms with E-state index in [0.717, 1.165) is 21.7 Å². The molecule has 0 radical (unpaired) electrons. The van der Waals surface area contributed by atoms with E-state index in [9.17, 15) is 4.79 Å². The van der Waals surface area contributed by atoms with E-state index in [1.165, 1.54) is 18.1 Å². The Morgan fingerprint density at radius 1 is 1.33 bits per heavy atom. The highest BCUT2D eigenvalue weighted by molar-refractivity contribution is 8.00. The van der Waals surface area contributed by atoms with Crippen LogP contribution in [-0.2, 0) is 11.8 Å². The molecule has 0 N–H and O–H groups in total. The van der Waals surface area contributed by atoms with E-state index in [0.29, 0.717) is 6.54 Å². The lowest BCUT2D eigenvalue weighted by Gasteiger charge is -2.21. The summed E-state index contributed by atoms with van der Waals surface area (Å²) in [6.45, 7) is 4.21. The van der Waals surface area contributed by atoms with Crippen LogP contribution in [0.15, 0.2) is 60.5 Å². The van der Waals surface area contributed by atoms with Crippen LogP contribution in [0.2, 0.25) is 0 Å². The minimum Gasteiger partial charge on any atom is -0.308 e. The van der Waals surface area contributed by atoms with E-state index in [2.05, 4.69) is 21.6 Å². The summed E-state index contributed by atoms with van der Waals surface area (Å²) in [5.41, 5.74) is 1.61. The zero-order chi connectivity index (χ0) is 16.9. The van der Waals surface area contributed by atoms with Crippen LogP contribution in [0.25, 0.3) is 11.0 Å². The summed E-state index contributed by atoms with van der Waals surface area (Å²) in [5.74, 6) is 0.283. The van der Waals surface area contributed by atoms with Crippen molar-refractivity contribution in [1.82, 2.24) is 19.7 Å². The van der Waals surface area contributed by atoms with Gasteiger partial charge in [0.2, 0.25) is 5.91 Å². The lowest BCUT2D eigenvalue weighted by Crippen LogP contribution is -2.32. The van der Waals surface area contributed by atoms with Crippen molar-refractivity contribution in [1.29, 1.82) is 0 Å². The summed E-state index contributed by atoms with van der Waals surface area (Å²) in [4.78, 5) is 22.8. The molecule has 0 aliphatic heterocycles. The maximum Gasteiger partial charge on any atom is 0.237 e. The molecule has 3 aromatic rings. The summed E-state index contributed by atoms with van der Waals surface area (Å²) in [6.07, 6.45) is 4.94. The molecule has 0 atom stereocenters. The molecule has 2 heterocycles. The van der Waals surface area contributed by atoms with Gasteiger partial charge in [0.15, 0.2) is 5.65 Å². The van der Waals surface area contributed by atoms with E-state index in [1.807, 2.05) is 37.4 Å². The van der Waals surface area contributed by atoms with Crippen LogP contribution in [0, 0.1) is 0 Å². The number of fused-ring (bicyclic) bond motifs is 1. The van der Waals surface area contributed by atoms with Crippen molar-refractivity contribution in [2.45, 2.75) is 5.03 Å². The zero-order valence-electron chi connectivity index (χ0n) is 13.3. The predicted octanol–water partition coefficient (Wildman–Crippen LogP) is 2.67. The maximum atomic E-state index is 12.6. The first-order valence-electron chi connectivity index (χ1n) is 7.42. The minimum atomic E-state index is 0.00162. The standard InChI is InChI=1S/C17H17N5OS/c1-3-9-22(13-7-5-4-6-8-13)15(23)11-24-17-14-10-20-21(2)16(14)18-12-19-17/h3-8,10,12H,1,9,11H2,2H3. The summed E-state index contributed by atoms with van der Waals surface area (Å²) < 4.78 is 1.69. The fourth-order valence-electron chi connectivity index (χ4n) is 2.35. The Hall–Kier alpha value is -2.67. The molecular weight excluding hydrogens is 322 g/mol. The van der Waals surface area contributed by atoms with E-state index in [4.69, 9.17) is 0 Å². The van der Waals surface area contributed by atoms with Crippen molar-refractivity contribution in [2.24, 2.45) is 7.05 Å². The van der Waals surface area contributed by atoms with Crippen molar-refractivity contribution in [3.05, 3.63) is 55.5 Å². The number of aryl methyl sites for hydroxylation is 1. The molecule has 0 aliphatic rings. The molecule has 3 rings (SSSR count). The Kier molecular flexibility index (Phi) is 4.90. The molecule has 1 amide bonds. The van der Waals surface area contributed by atoms with E-state index in [-0.39, 0.29) is 11.7 Å². The van der Waals surface area contributed by atoms with Gasteiger partial charge in [0.1, 0.15) is 11.4 Å². The number of para-hydroxylation sites is 1. The van der Waals surface area contributed by atoms with Crippen molar-refractivity contribution in [3.8, 4) is 0 Å². The fraction of sp³-hybridized carbons (Fsp3) is 0.176. The SMILES string of the molecule is C=CCN(C(=O)CSc1ncnc2c1cnn2C)c1ccccc1. The molecule has 24 heavy (non-hydrogen) atoms. The van der Waals surface area contributed by atoms with Crippen LogP contribution in [0.3, 0.4) is 0 Å². The topological polar surface area (TPSA) is 63.9 Å². The smallest absolute Gasteiger partial charge is 0.237 e. The average molecular weight is 339 g/mol. The second kappa shape index (κ2) is 7.27. The Morgan fingerprint density at radius 2 is 2.12 bits per heavy atom. The van der Waals surface area contributed by atoms with Gasteiger partial charge in [-0.25, -0.2) is 9.97 Å². The molecule has 0 fully saturated rings. The highest BCUT2D eigenvalue weighted by Gasteiger charge is 2.16. The third kappa shape index (κ3) is 3.30. The number of hydrogen-bond donors (Lipinski definition) is 0. The normalized spacial score (nSPS) is 10.7. The Bertz CT molecular complexity index is 862. The molecule has 2 aromatic heterocycles. The third-order valence-corrected chi connectivity index (χ3v) is 4.50. The van der Waals surface area contributed by atoms with Crippen LogP contribution in [0.5, 0.6) is 0 Å². The third-order valence-electron chi connectivity index (χ3n) is 3.51. The average Bonchev–Trinajstić information content (AvgIpc) is 3.00. The second-order valence-corrected chi connectivity index (χ2v) is 6.07. The quantitative estimate of drug-likeness (QED) is 0.392. The van der Waals surface area contributed by atoms with Gasteiger partial charge in [-0.1, -0.05) is 36.0 Å². The lowest BCUT2D eigenvalue weighted by atomic mass is 10.3. The minimum absolute atomic E-state index is 0.00162. The lowest BCUT2D eigenvalue weighted by molar-refractivity contribution is -0.116. The first-order chi connectivity index (χ1) is 11.7. The summed E-state index contributed by atoms with van der Waals surface area (Å²) >= 11 is 1.39. The zero-order valence-corrected chi connectivity index (χ0v) is 14.1. The van der Waals surface area contributed by atoms with Gasteiger partial charge in [-0.15, -0.1) is 6.58 Å². The number of amides is 1. The summed E-state index contributed by atoms with van der Waals surface area (Å²) in [7, 11) is 1.83. The van der Waals surface area contributed by atoms with Crippen LogP contribution in [0.4, 0.5) is 5.69 Å². The number of rotatable bonds is 6. The molecule has 0 spiro atoms. The second-order valence-electron chi connectivity index (χ2n) is 5.10. The number of carbonyl (C=O) groups is 1. The first kappa shape index (κ1) is 16.2. The number of aromatic nitrogens is 4. The highest BCUT2D eigenvalue weighted by Crippen LogP contribution is 2.25. The molecule has 0 saturated carbocycles. The molecular formula is C17H17N5OS. The van der Waals surface area contributed by atoms with Gasteiger partial charge >= 0.3 is 0 Å². The van der Waals surface area contributed by atoms with E-state index in [1.54, 1.807) is 21.9 Å². The van der Waals surface area contributed by atoms with Gasteiger partial charge in [0.25, 0.3) is 0 Å². The molecule has 0 bridgehead atoms. The number of hydrogen-bond acceptors (Lipinski definition) is 5. The molecule has 6 nitrogen and oxygen atoms in total. The summed E-state index contributed by atoms with van der Waals surface area (Å²) in [6, 6.07) is 9.58. The number of carbonyl (C=O) groups excluding carboxylic acids is 1. The fourth-order valence-corrected chi connectivity index (χ4v) is 3.19. The van der Waals surface area contributed by atoms with Crippen LogP contribution in [0.1, 0.15) is 0 Å². The van der Waals surface area contributed by atoms with Gasteiger partial charge in [-0.3, -0.25) is 9.48 Å². The van der Waals surface area contributed by atoms with Crippen molar-refractivity contribution in [3.63, 3.8) is 0 Å². The van der Waals surface area contributed by atoms with Crippen molar-refractivity contribution in [2.75, 3.05) is 17.2 Å². The first-order valence-corrected chi connectivity index (χ1v) is 8.41.